The maximum Gasteiger partial charge on any atom is 0.268 e. The van der Waals surface area contributed by atoms with Crippen LogP contribution in [0.4, 0.5) is 5.13 Å². The van der Waals surface area contributed by atoms with Crippen molar-refractivity contribution in [2.24, 2.45) is 0 Å². The van der Waals surface area contributed by atoms with Crippen LogP contribution in [0.3, 0.4) is 0 Å². The molecular weight excluding hydrogens is 484 g/mol. The molecule has 8 nitrogen and oxygen atoms in total. The van der Waals surface area contributed by atoms with Gasteiger partial charge in [0.25, 0.3) is 5.91 Å². The molecule has 1 aromatic heterocycles. The number of nitriles is 1. The Morgan fingerprint density at radius 2 is 1.94 bits per heavy atom. The topological polar surface area (TPSA) is 106 Å². The smallest absolute Gasteiger partial charge is 0.268 e. The van der Waals surface area contributed by atoms with Crippen LogP contribution in [0.25, 0.3) is 6.08 Å². The number of ether oxygens (including phenoxy) is 3. The quantitative estimate of drug-likeness (QED) is 0.0910. The Balaban J connectivity index is 1.62. The van der Waals surface area contributed by atoms with Crippen molar-refractivity contribution in [3.63, 3.8) is 0 Å². The van der Waals surface area contributed by atoms with Gasteiger partial charge in [-0.2, -0.15) is 5.26 Å². The van der Waals surface area contributed by atoms with Gasteiger partial charge >= 0.3 is 0 Å². The third kappa shape index (κ3) is 7.34. The molecule has 0 radical (unpaired) electrons. The van der Waals surface area contributed by atoms with Crippen molar-refractivity contribution in [1.29, 1.82) is 5.26 Å². The van der Waals surface area contributed by atoms with Crippen LogP contribution in [0, 0.1) is 11.3 Å². The second-order valence-corrected chi connectivity index (χ2v) is 8.94. The summed E-state index contributed by atoms with van der Waals surface area (Å²) in [6, 6.07) is 14.9. The highest BCUT2D eigenvalue weighted by Crippen LogP contribution is 2.29. The SMILES string of the molecule is C=CCc1ccccc1OCCOc1ccc(/C=C(\C#N)C(=O)Nc2nnc(SC)s2)cc1OC. The average molecular weight is 509 g/mol. The Morgan fingerprint density at radius 3 is 2.63 bits per heavy atom. The number of anilines is 1. The monoisotopic (exact) mass is 508 g/mol. The van der Waals surface area contributed by atoms with Crippen molar-refractivity contribution in [2.45, 2.75) is 10.8 Å². The number of carbonyl (C=O) groups excluding carboxylic acids is 1. The highest BCUT2D eigenvalue weighted by molar-refractivity contribution is 8.00. The fourth-order valence-electron chi connectivity index (χ4n) is 2.99. The summed E-state index contributed by atoms with van der Waals surface area (Å²) in [5.74, 6) is 1.22. The molecule has 180 valence electrons. The number of hydrogen-bond donors (Lipinski definition) is 1. The van der Waals surface area contributed by atoms with Gasteiger partial charge in [-0.05, 0) is 48.1 Å². The molecule has 0 fully saturated rings. The highest BCUT2D eigenvalue weighted by Gasteiger charge is 2.14. The lowest BCUT2D eigenvalue weighted by molar-refractivity contribution is -0.112. The molecule has 1 N–H and O–H groups in total. The number of nitrogens with zero attached hydrogens (tertiary/aromatic N) is 3. The van der Waals surface area contributed by atoms with Gasteiger partial charge in [0.05, 0.1) is 7.11 Å². The average Bonchev–Trinajstić information content (AvgIpc) is 3.34. The Labute approximate surface area is 212 Å². The largest absolute Gasteiger partial charge is 0.493 e. The van der Waals surface area contributed by atoms with Crippen molar-refractivity contribution in [1.82, 2.24) is 10.2 Å². The Morgan fingerprint density at radius 1 is 1.17 bits per heavy atom. The van der Waals surface area contributed by atoms with Crippen molar-refractivity contribution in [3.8, 4) is 23.3 Å². The van der Waals surface area contributed by atoms with Gasteiger partial charge in [0.1, 0.15) is 30.6 Å². The van der Waals surface area contributed by atoms with Crippen LogP contribution in [-0.2, 0) is 11.2 Å². The van der Waals surface area contributed by atoms with E-state index in [1.54, 1.807) is 18.2 Å². The summed E-state index contributed by atoms with van der Waals surface area (Å²) < 4.78 is 17.8. The molecule has 10 heteroatoms. The lowest BCUT2D eigenvalue weighted by atomic mass is 10.1. The van der Waals surface area contributed by atoms with E-state index in [4.69, 9.17) is 14.2 Å². The summed E-state index contributed by atoms with van der Waals surface area (Å²) in [6.07, 6.45) is 5.89. The minimum atomic E-state index is -0.565. The van der Waals surface area contributed by atoms with Gasteiger partial charge in [-0.15, -0.1) is 16.8 Å². The molecule has 2 aromatic carbocycles. The van der Waals surface area contributed by atoms with Gasteiger partial charge in [-0.25, -0.2) is 0 Å². The van der Waals surface area contributed by atoms with Gasteiger partial charge in [-0.1, -0.05) is 53.4 Å². The summed E-state index contributed by atoms with van der Waals surface area (Å²) in [6.45, 7) is 4.43. The first-order chi connectivity index (χ1) is 17.1. The van der Waals surface area contributed by atoms with E-state index in [1.165, 1.54) is 36.3 Å². The number of hydrogen-bond acceptors (Lipinski definition) is 9. The van der Waals surface area contributed by atoms with E-state index in [0.717, 1.165) is 22.1 Å². The molecule has 0 aliphatic carbocycles. The third-order valence-corrected chi connectivity index (χ3v) is 6.41. The number of amides is 1. The van der Waals surface area contributed by atoms with Crippen molar-refractivity contribution in [3.05, 3.63) is 71.8 Å². The standard InChI is InChI=1S/C25H24N4O4S2/c1-4-7-18-8-5-6-9-20(18)32-12-13-33-21-11-10-17(15-22(21)31-2)14-19(16-26)23(30)27-24-28-29-25(34-3)35-24/h4-6,8-11,14-15H,1,7,12-13H2,2-3H3,(H,27,28,30)/b19-14+. The third-order valence-electron chi connectivity index (χ3n) is 4.60. The van der Waals surface area contributed by atoms with Crippen LogP contribution in [0.2, 0.25) is 0 Å². The molecule has 3 aromatic rings. The molecule has 0 unspecified atom stereocenters. The fraction of sp³-hybridized carbons (Fsp3) is 0.200. The van der Waals surface area contributed by atoms with Crippen LogP contribution >= 0.6 is 23.1 Å². The van der Waals surface area contributed by atoms with Gasteiger partial charge in [0, 0.05) is 0 Å². The van der Waals surface area contributed by atoms with Crippen LogP contribution in [0.15, 0.2) is 65.0 Å². The first-order valence-electron chi connectivity index (χ1n) is 10.5. The molecule has 0 atom stereocenters. The summed E-state index contributed by atoms with van der Waals surface area (Å²) in [4.78, 5) is 12.5. The first-order valence-corrected chi connectivity index (χ1v) is 12.5. The maximum absolute atomic E-state index is 12.5. The summed E-state index contributed by atoms with van der Waals surface area (Å²) in [5, 5.41) is 20.2. The van der Waals surface area contributed by atoms with Gasteiger partial charge in [0.15, 0.2) is 15.8 Å². The van der Waals surface area contributed by atoms with Crippen LogP contribution in [0.5, 0.6) is 17.2 Å². The molecule has 1 amide bonds. The normalized spacial score (nSPS) is 10.8. The van der Waals surface area contributed by atoms with Crippen molar-refractivity contribution >= 4 is 40.2 Å². The zero-order valence-corrected chi connectivity index (χ0v) is 20.9. The predicted molar refractivity (Wildman–Crippen MR) is 138 cm³/mol. The molecule has 0 aliphatic rings. The molecular formula is C25H24N4O4S2. The van der Waals surface area contributed by atoms with E-state index in [1.807, 2.05) is 42.7 Å². The predicted octanol–water partition coefficient (Wildman–Crippen LogP) is 5.00. The number of thioether (sulfide) groups is 1. The minimum Gasteiger partial charge on any atom is -0.493 e. The van der Waals surface area contributed by atoms with E-state index >= 15 is 0 Å². The van der Waals surface area contributed by atoms with E-state index in [-0.39, 0.29) is 5.57 Å². The lowest BCUT2D eigenvalue weighted by Gasteiger charge is -2.13. The van der Waals surface area contributed by atoms with Gasteiger partial charge < -0.3 is 14.2 Å². The van der Waals surface area contributed by atoms with E-state index < -0.39 is 5.91 Å². The second kappa shape index (κ2) is 13.2. The minimum absolute atomic E-state index is 0.0757. The Bertz CT molecular complexity index is 1250. The summed E-state index contributed by atoms with van der Waals surface area (Å²) >= 11 is 2.66. The number of allylic oxidation sites excluding steroid dienone is 1. The zero-order chi connectivity index (χ0) is 25.0. The van der Waals surface area contributed by atoms with Crippen molar-refractivity contribution < 1.29 is 19.0 Å². The fourth-order valence-corrected chi connectivity index (χ4v) is 4.15. The number of nitrogens with one attached hydrogen (secondary N) is 1. The van der Waals surface area contributed by atoms with Crippen LogP contribution in [0.1, 0.15) is 11.1 Å². The van der Waals surface area contributed by atoms with Crippen LogP contribution in [-0.4, -0.2) is 42.7 Å². The number of carbonyl (C=O) groups is 1. The Hall–Kier alpha value is -3.81. The van der Waals surface area contributed by atoms with Crippen LogP contribution < -0.4 is 19.5 Å². The highest BCUT2D eigenvalue weighted by atomic mass is 32.2. The lowest BCUT2D eigenvalue weighted by Crippen LogP contribution is -2.13. The molecule has 35 heavy (non-hydrogen) atoms. The van der Waals surface area contributed by atoms with Gasteiger partial charge in [0.2, 0.25) is 5.13 Å². The molecule has 1 heterocycles. The summed E-state index contributed by atoms with van der Waals surface area (Å²) in [7, 11) is 1.52. The van der Waals surface area contributed by atoms with Crippen molar-refractivity contribution in [2.75, 3.05) is 31.9 Å². The molecule has 0 saturated carbocycles. The molecule has 0 saturated heterocycles. The zero-order valence-electron chi connectivity index (χ0n) is 19.3. The first kappa shape index (κ1) is 25.8. The van der Waals surface area contributed by atoms with E-state index in [2.05, 4.69) is 22.1 Å². The molecule has 0 aliphatic heterocycles. The second-order valence-electron chi connectivity index (χ2n) is 6.91. The molecule has 0 spiro atoms. The number of para-hydroxylation sites is 1. The van der Waals surface area contributed by atoms with E-state index in [0.29, 0.717) is 35.4 Å². The number of rotatable bonds is 12. The number of benzene rings is 2. The maximum atomic E-state index is 12.5. The number of aromatic nitrogens is 2. The summed E-state index contributed by atoms with van der Waals surface area (Å²) in [5.41, 5.74) is 1.59. The van der Waals surface area contributed by atoms with Gasteiger partial charge in [-0.3, -0.25) is 10.1 Å². The van der Waals surface area contributed by atoms with E-state index in [9.17, 15) is 10.1 Å². The Kier molecular flexibility index (Phi) is 9.71. The number of methoxy groups -OCH3 is 1. The molecule has 0 bridgehead atoms. The molecule has 3 rings (SSSR count).